The summed E-state index contributed by atoms with van der Waals surface area (Å²) in [5.74, 6) is 0.159. The molecule has 0 aromatic carbocycles. The molecule has 0 unspecified atom stereocenters. The summed E-state index contributed by atoms with van der Waals surface area (Å²) in [5, 5.41) is 0. The minimum Gasteiger partial charge on any atom is -0.341 e. The lowest BCUT2D eigenvalue weighted by molar-refractivity contribution is -0.132. The Bertz CT molecular complexity index is 170. The molecular formula is C7H11Br2NO. The summed E-state index contributed by atoms with van der Waals surface area (Å²) in [5.41, 5.74) is 0. The van der Waals surface area contributed by atoms with Crippen LogP contribution in [0, 0.1) is 0 Å². The first-order valence-electron chi connectivity index (χ1n) is 3.75. The van der Waals surface area contributed by atoms with E-state index in [4.69, 9.17) is 0 Å². The van der Waals surface area contributed by atoms with Crippen molar-refractivity contribution < 1.29 is 4.79 Å². The van der Waals surface area contributed by atoms with Gasteiger partial charge in [0.05, 0.1) is 0 Å². The Morgan fingerprint density at radius 2 is 2.27 bits per heavy atom. The molecule has 1 saturated heterocycles. The molecule has 0 bridgehead atoms. The number of piperidine rings is 1. The molecule has 64 valence electrons. The molecule has 11 heavy (non-hydrogen) atoms. The highest BCUT2D eigenvalue weighted by Gasteiger charge is 2.38. The van der Waals surface area contributed by atoms with Gasteiger partial charge in [0.2, 0.25) is 5.91 Å². The first kappa shape index (κ1) is 9.52. The monoisotopic (exact) mass is 283 g/mol. The second kappa shape index (κ2) is 3.44. The molecule has 1 aliphatic rings. The van der Waals surface area contributed by atoms with Crippen LogP contribution in [0.25, 0.3) is 0 Å². The van der Waals surface area contributed by atoms with E-state index in [9.17, 15) is 4.79 Å². The van der Waals surface area contributed by atoms with E-state index in [0.29, 0.717) is 0 Å². The third kappa shape index (κ3) is 1.96. The fourth-order valence-corrected chi connectivity index (χ4v) is 2.30. The second-order valence-electron chi connectivity index (χ2n) is 2.69. The van der Waals surface area contributed by atoms with Gasteiger partial charge in [0.15, 0.2) is 3.23 Å². The smallest absolute Gasteiger partial charge is 0.250 e. The van der Waals surface area contributed by atoms with Crippen molar-refractivity contribution in [3.05, 3.63) is 0 Å². The van der Waals surface area contributed by atoms with E-state index in [-0.39, 0.29) is 5.91 Å². The summed E-state index contributed by atoms with van der Waals surface area (Å²) in [6, 6.07) is 0. The zero-order valence-corrected chi connectivity index (χ0v) is 9.61. The number of halogens is 2. The Kier molecular flexibility index (Phi) is 2.97. The van der Waals surface area contributed by atoms with Crippen LogP contribution in [0.3, 0.4) is 0 Å². The predicted octanol–water partition coefficient (Wildman–Crippen LogP) is 2.11. The molecule has 0 N–H and O–H groups in total. The van der Waals surface area contributed by atoms with E-state index in [2.05, 4.69) is 31.9 Å². The van der Waals surface area contributed by atoms with Gasteiger partial charge in [0, 0.05) is 13.1 Å². The van der Waals surface area contributed by atoms with Gasteiger partial charge in [-0.25, -0.2) is 0 Å². The SMILES string of the molecule is CCN1CCCC(Br)(Br)C1=O. The van der Waals surface area contributed by atoms with Crippen LogP contribution in [0.15, 0.2) is 0 Å². The van der Waals surface area contributed by atoms with E-state index in [1.807, 2.05) is 11.8 Å². The molecule has 0 spiro atoms. The van der Waals surface area contributed by atoms with Crippen LogP contribution in [-0.4, -0.2) is 27.1 Å². The van der Waals surface area contributed by atoms with Gasteiger partial charge in [-0.2, -0.15) is 0 Å². The fourth-order valence-electron chi connectivity index (χ4n) is 1.23. The van der Waals surface area contributed by atoms with Crippen LogP contribution in [0.1, 0.15) is 19.8 Å². The van der Waals surface area contributed by atoms with E-state index in [0.717, 1.165) is 25.9 Å². The summed E-state index contributed by atoms with van der Waals surface area (Å²) in [6.07, 6.45) is 1.94. The van der Waals surface area contributed by atoms with Crippen molar-refractivity contribution in [1.29, 1.82) is 0 Å². The highest BCUT2D eigenvalue weighted by molar-refractivity contribution is 9.25. The summed E-state index contributed by atoms with van der Waals surface area (Å²) < 4.78 is -0.478. The lowest BCUT2D eigenvalue weighted by Gasteiger charge is -2.33. The van der Waals surface area contributed by atoms with Crippen molar-refractivity contribution in [2.75, 3.05) is 13.1 Å². The first-order chi connectivity index (χ1) is 5.08. The Morgan fingerprint density at radius 3 is 2.73 bits per heavy atom. The summed E-state index contributed by atoms with van der Waals surface area (Å²) >= 11 is 6.73. The average Bonchev–Trinajstić information content (AvgIpc) is 1.95. The quantitative estimate of drug-likeness (QED) is 0.676. The maximum Gasteiger partial charge on any atom is 0.250 e. The van der Waals surface area contributed by atoms with Gasteiger partial charge >= 0.3 is 0 Å². The molecule has 4 heteroatoms. The van der Waals surface area contributed by atoms with Crippen molar-refractivity contribution in [2.24, 2.45) is 0 Å². The van der Waals surface area contributed by atoms with Crippen molar-refractivity contribution >= 4 is 37.8 Å². The van der Waals surface area contributed by atoms with E-state index < -0.39 is 3.23 Å². The van der Waals surface area contributed by atoms with Crippen molar-refractivity contribution in [3.8, 4) is 0 Å². The number of nitrogens with zero attached hydrogens (tertiary/aromatic N) is 1. The maximum atomic E-state index is 11.5. The normalized spacial score (nSPS) is 23.9. The molecule has 1 rings (SSSR count). The molecule has 0 atom stereocenters. The number of carbonyl (C=O) groups excluding carboxylic acids is 1. The summed E-state index contributed by atoms with van der Waals surface area (Å²) in [6.45, 7) is 3.70. The van der Waals surface area contributed by atoms with Gasteiger partial charge in [-0.1, -0.05) is 31.9 Å². The number of likely N-dealkylation sites (tertiary alicyclic amines) is 1. The number of hydrogen-bond acceptors (Lipinski definition) is 1. The van der Waals surface area contributed by atoms with Gasteiger partial charge < -0.3 is 4.90 Å². The van der Waals surface area contributed by atoms with Crippen LogP contribution >= 0.6 is 31.9 Å². The van der Waals surface area contributed by atoms with Crippen LogP contribution < -0.4 is 0 Å². The predicted molar refractivity (Wildman–Crippen MR) is 52.1 cm³/mol. The van der Waals surface area contributed by atoms with Crippen molar-refractivity contribution in [1.82, 2.24) is 4.90 Å². The Labute approximate surface area is 83.6 Å². The van der Waals surface area contributed by atoms with E-state index >= 15 is 0 Å². The number of rotatable bonds is 1. The van der Waals surface area contributed by atoms with Gasteiger partial charge in [0.25, 0.3) is 0 Å². The molecule has 1 fully saturated rings. The molecule has 1 heterocycles. The molecule has 0 aliphatic carbocycles. The standard InChI is InChI=1S/C7H11Br2NO/c1-2-10-5-3-4-7(8,9)6(10)11/h2-5H2,1H3. The Morgan fingerprint density at radius 1 is 1.64 bits per heavy atom. The van der Waals surface area contributed by atoms with Crippen molar-refractivity contribution in [3.63, 3.8) is 0 Å². The van der Waals surface area contributed by atoms with Gasteiger partial charge in [0.1, 0.15) is 0 Å². The molecule has 1 amide bonds. The zero-order valence-electron chi connectivity index (χ0n) is 6.44. The minimum atomic E-state index is -0.478. The molecule has 1 aliphatic heterocycles. The number of alkyl halides is 2. The van der Waals surface area contributed by atoms with Crippen LogP contribution in [0.4, 0.5) is 0 Å². The van der Waals surface area contributed by atoms with Gasteiger partial charge in [-0.15, -0.1) is 0 Å². The summed E-state index contributed by atoms with van der Waals surface area (Å²) in [7, 11) is 0. The maximum absolute atomic E-state index is 11.5. The van der Waals surface area contributed by atoms with Crippen LogP contribution in [0.2, 0.25) is 0 Å². The Balaban J connectivity index is 2.68. The van der Waals surface area contributed by atoms with Crippen LogP contribution in [-0.2, 0) is 4.79 Å². The third-order valence-corrected chi connectivity index (χ3v) is 3.37. The molecule has 0 aromatic heterocycles. The fraction of sp³-hybridized carbons (Fsp3) is 0.857. The first-order valence-corrected chi connectivity index (χ1v) is 5.33. The lowest BCUT2D eigenvalue weighted by Crippen LogP contribution is -2.46. The average molecular weight is 285 g/mol. The van der Waals surface area contributed by atoms with Crippen LogP contribution in [0.5, 0.6) is 0 Å². The third-order valence-electron chi connectivity index (χ3n) is 1.90. The van der Waals surface area contributed by atoms with Gasteiger partial charge in [-0.3, -0.25) is 4.79 Å². The largest absolute Gasteiger partial charge is 0.341 e. The topological polar surface area (TPSA) is 20.3 Å². The molecule has 0 aromatic rings. The summed E-state index contributed by atoms with van der Waals surface area (Å²) in [4.78, 5) is 13.4. The number of carbonyl (C=O) groups is 1. The molecular weight excluding hydrogens is 274 g/mol. The highest BCUT2D eigenvalue weighted by Crippen LogP contribution is 2.36. The van der Waals surface area contributed by atoms with Gasteiger partial charge in [-0.05, 0) is 19.8 Å². The number of hydrogen-bond donors (Lipinski definition) is 0. The van der Waals surface area contributed by atoms with E-state index in [1.165, 1.54) is 0 Å². The number of amides is 1. The molecule has 0 saturated carbocycles. The van der Waals surface area contributed by atoms with E-state index in [1.54, 1.807) is 0 Å². The second-order valence-corrected chi connectivity index (χ2v) is 6.46. The zero-order chi connectivity index (χ0) is 8.48. The minimum absolute atomic E-state index is 0.159. The lowest BCUT2D eigenvalue weighted by atomic mass is 10.1. The Hall–Kier alpha value is 0.430. The highest BCUT2D eigenvalue weighted by atomic mass is 79.9. The molecule has 0 radical (unpaired) electrons. The van der Waals surface area contributed by atoms with Crippen molar-refractivity contribution in [2.45, 2.75) is 23.0 Å². The molecule has 2 nitrogen and oxygen atoms in total.